The summed E-state index contributed by atoms with van der Waals surface area (Å²) in [4.78, 5) is 11.1. The fourth-order valence-electron chi connectivity index (χ4n) is 1.20. The third-order valence-electron chi connectivity index (χ3n) is 2.21. The highest BCUT2D eigenvalue weighted by Gasteiger charge is 2.00. The summed E-state index contributed by atoms with van der Waals surface area (Å²) < 4.78 is 0. The molecule has 14 heavy (non-hydrogen) atoms. The fraction of sp³-hybridized carbons (Fsp3) is 0.727. The van der Waals surface area contributed by atoms with E-state index in [2.05, 4.69) is 12.2 Å². The van der Waals surface area contributed by atoms with Gasteiger partial charge in [-0.2, -0.15) is 0 Å². The van der Waals surface area contributed by atoms with Crippen LogP contribution < -0.4 is 11.1 Å². The van der Waals surface area contributed by atoms with E-state index in [0.29, 0.717) is 12.6 Å². The standard InChI is InChI=1S/C11H22N2O/c1-4-11(10(3)14)6-5-7-13-9(2)8-12/h6,9,13H,4-5,7-8,12H2,1-3H3/b11-6+. The first-order valence-corrected chi connectivity index (χ1v) is 5.25. The second-order valence-corrected chi connectivity index (χ2v) is 3.52. The van der Waals surface area contributed by atoms with E-state index < -0.39 is 0 Å². The molecule has 0 spiro atoms. The van der Waals surface area contributed by atoms with Crippen LogP contribution in [0.15, 0.2) is 11.6 Å². The lowest BCUT2D eigenvalue weighted by atomic mass is 10.1. The molecule has 0 radical (unpaired) electrons. The highest BCUT2D eigenvalue weighted by molar-refractivity contribution is 5.93. The topological polar surface area (TPSA) is 55.1 Å². The second kappa shape index (κ2) is 7.71. The third-order valence-corrected chi connectivity index (χ3v) is 2.21. The van der Waals surface area contributed by atoms with Crippen LogP contribution in [0.4, 0.5) is 0 Å². The zero-order chi connectivity index (χ0) is 11.0. The summed E-state index contributed by atoms with van der Waals surface area (Å²) in [5, 5.41) is 3.27. The quantitative estimate of drug-likeness (QED) is 0.478. The highest BCUT2D eigenvalue weighted by Crippen LogP contribution is 2.02. The van der Waals surface area contributed by atoms with Gasteiger partial charge in [0.1, 0.15) is 0 Å². The van der Waals surface area contributed by atoms with E-state index in [9.17, 15) is 4.79 Å². The van der Waals surface area contributed by atoms with Gasteiger partial charge in [-0.15, -0.1) is 0 Å². The van der Waals surface area contributed by atoms with Crippen LogP contribution in [0.3, 0.4) is 0 Å². The molecule has 82 valence electrons. The van der Waals surface area contributed by atoms with Gasteiger partial charge in [-0.1, -0.05) is 13.0 Å². The molecule has 0 rings (SSSR count). The number of carbonyl (C=O) groups excluding carboxylic acids is 1. The molecule has 0 aromatic rings. The van der Waals surface area contributed by atoms with Crippen molar-refractivity contribution in [1.29, 1.82) is 0 Å². The van der Waals surface area contributed by atoms with Crippen LogP contribution in [-0.2, 0) is 4.79 Å². The molecular formula is C11H22N2O. The van der Waals surface area contributed by atoms with Gasteiger partial charge in [-0.3, -0.25) is 4.79 Å². The average molecular weight is 198 g/mol. The summed E-state index contributed by atoms with van der Waals surface area (Å²) in [6, 6.07) is 0.353. The van der Waals surface area contributed by atoms with E-state index in [1.807, 2.05) is 13.0 Å². The minimum Gasteiger partial charge on any atom is -0.329 e. The Hall–Kier alpha value is -0.670. The minimum absolute atomic E-state index is 0.180. The number of nitrogens with two attached hydrogens (primary N) is 1. The molecule has 0 aromatic carbocycles. The number of carbonyl (C=O) groups is 1. The lowest BCUT2D eigenvalue weighted by molar-refractivity contribution is -0.113. The Labute approximate surface area is 86.8 Å². The molecule has 1 atom stereocenters. The van der Waals surface area contributed by atoms with Crippen molar-refractivity contribution in [2.45, 2.75) is 39.7 Å². The van der Waals surface area contributed by atoms with Gasteiger partial charge in [0.25, 0.3) is 0 Å². The zero-order valence-electron chi connectivity index (χ0n) is 9.47. The number of allylic oxidation sites excluding steroid dienone is 1. The Bertz CT molecular complexity index is 199. The van der Waals surface area contributed by atoms with Crippen molar-refractivity contribution in [3.8, 4) is 0 Å². The molecule has 0 aromatic heterocycles. The molecule has 0 aliphatic rings. The van der Waals surface area contributed by atoms with Gasteiger partial charge in [0.05, 0.1) is 0 Å². The molecule has 3 N–H and O–H groups in total. The molecule has 0 fully saturated rings. The lowest BCUT2D eigenvalue weighted by Gasteiger charge is -2.09. The number of hydrogen-bond donors (Lipinski definition) is 2. The Kier molecular flexibility index (Phi) is 7.34. The molecule has 0 aliphatic carbocycles. The summed E-state index contributed by atoms with van der Waals surface area (Å²) in [7, 11) is 0. The van der Waals surface area contributed by atoms with Crippen LogP contribution in [-0.4, -0.2) is 24.9 Å². The van der Waals surface area contributed by atoms with E-state index in [1.165, 1.54) is 0 Å². The van der Waals surface area contributed by atoms with E-state index in [-0.39, 0.29) is 5.78 Å². The van der Waals surface area contributed by atoms with Crippen molar-refractivity contribution in [3.63, 3.8) is 0 Å². The SMILES string of the molecule is CC/C(=C\CCNC(C)CN)C(C)=O. The molecular weight excluding hydrogens is 176 g/mol. The Balaban J connectivity index is 3.74. The first-order valence-electron chi connectivity index (χ1n) is 5.25. The van der Waals surface area contributed by atoms with Crippen molar-refractivity contribution < 1.29 is 4.79 Å². The van der Waals surface area contributed by atoms with Crippen molar-refractivity contribution in [2.24, 2.45) is 5.73 Å². The third kappa shape index (κ3) is 5.89. The molecule has 0 aliphatic heterocycles. The smallest absolute Gasteiger partial charge is 0.155 e. The summed E-state index contributed by atoms with van der Waals surface area (Å²) in [5.41, 5.74) is 6.38. The Morgan fingerprint density at radius 2 is 2.21 bits per heavy atom. The minimum atomic E-state index is 0.180. The maximum atomic E-state index is 11.1. The van der Waals surface area contributed by atoms with Crippen molar-refractivity contribution in [2.75, 3.05) is 13.1 Å². The predicted octanol–water partition coefficient (Wildman–Crippen LogP) is 1.24. The number of ketones is 1. The molecule has 3 heteroatoms. The van der Waals surface area contributed by atoms with Gasteiger partial charge in [-0.25, -0.2) is 0 Å². The van der Waals surface area contributed by atoms with Crippen LogP contribution in [0, 0.1) is 0 Å². The van der Waals surface area contributed by atoms with Crippen LogP contribution in [0.1, 0.15) is 33.6 Å². The van der Waals surface area contributed by atoms with Crippen LogP contribution in [0.2, 0.25) is 0 Å². The summed E-state index contributed by atoms with van der Waals surface area (Å²) in [6.07, 6.45) is 3.73. The first kappa shape index (κ1) is 13.3. The molecule has 1 unspecified atom stereocenters. The number of rotatable bonds is 7. The number of nitrogens with one attached hydrogen (secondary N) is 1. The van der Waals surface area contributed by atoms with E-state index in [4.69, 9.17) is 5.73 Å². The van der Waals surface area contributed by atoms with Crippen LogP contribution in [0.25, 0.3) is 0 Å². The monoisotopic (exact) mass is 198 g/mol. The molecule has 0 saturated carbocycles. The molecule has 0 saturated heterocycles. The average Bonchev–Trinajstić information content (AvgIpc) is 2.16. The first-order chi connectivity index (χ1) is 6.61. The molecule has 3 nitrogen and oxygen atoms in total. The normalized spacial score (nSPS) is 14.1. The second-order valence-electron chi connectivity index (χ2n) is 3.52. The highest BCUT2D eigenvalue weighted by atomic mass is 16.1. The zero-order valence-corrected chi connectivity index (χ0v) is 9.47. The van der Waals surface area contributed by atoms with Crippen molar-refractivity contribution >= 4 is 5.78 Å². The van der Waals surface area contributed by atoms with Gasteiger partial charge in [-0.05, 0) is 38.8 Å². The molecule has 0 bridgehead atoms. The summed E-state index contributed by atoms with van der Waals surface area (Å²) in [6.45, 7) is 7.20. The van der Waals surface area contributed by atoms with Gasteiger partial charge < -0.3 is 11.1 Å². The van der Waals surface area contributed by atoms with E-state index in [1.54, 1.807) is 6.92 Å². The van der Waals surface area contributed by atoms with Gasteiger partial charge >= 0.3 is 0 Å². The lowest BCUT2D eigenvalue weighted by Crippen LogP contribution is -2.33. The van der Waals surface area contributed by atoms with Gasteiger partial charge in [0.2, 0.25) is 0 Å². The largest absolute Gasteiger partial charge is 0.329 e. The van der Waals surface area contributed by atoms with Crippen LogP contribution >= 0.6 is 0 Å². The van der Waals surface area contributed by atoms with E-state index in [0.717, 1.165) is 25.0 Å². The summed E-state index contributed by atoms with van der Waals surface area (Å²) in [5.74, 6) is 0.180. The maximum absolute atomic E-state index is 11.1. The molecule has 0 amide bonds. The van der Waals surface area contributed by atoms with Crippen molar-refractivity contribution in [3.05, 3.63) is 11.6 Å². The number of Topliss-reactive ketones (excluding diaryl/α,β-unsaturated/α-hetero) is 1. The predicted molar refractivity (Wildman–Crippen MR) is 60.2 cm³/mol. The maximum Gasteiger partial charge on any atom is 0.155 e. The Morgan fingerprint density at radius 1 is 1.57 bits per heavy atom. The van der Waals surface area contributed by atoms with Crippen molar-refractivity contribution in [1.82, 2.24) is 5.32 Å². The fourth-order valence-corrected chi connectivity index (χ4v) is 1.20. The van der Waals surface area contributed by atoms with E-state index >= 15 is 0 Å². The Morgan fingerprint density at radius 3 is 2.64 bits per heavy atom. The number of hydrogen-bond acceptors (Lipinski definition) is 3. The van der Waals surface area contributed by atoms with Gasteiger partial charge in [0, 0.05) is 12.6 Å². The summed E-state index contributed by atoms with van der Waals surface area (Å²) >= 11 is 0. The molecule has 0 heterocycles. The van der Waals surface area contributed by atoms with Gasteiger partial charge in [0.15, 0.2) is 5.78 Å². The van der Waals surface area contributed by atoms with Crippen LogP contribution in [0.5, 0.6) is 0 Å².